The van der Waals surface area contributed by atoms with Crippen molar-refractivity contribution in [1.82, 2.24) is 0 Å². The number of para-hydroxylation sites is 1. The lowest BCUT2D eigenvalue weighted by atomic mass is 10.0. The molecule has 2 aromatic carbocycles. The van der Waals surface area contributed by atoms with Crippen molar-refractivity contribution < 1.29 is 14.0 Å². The Morgan fingerprint density at radius 3 is 1.65 bits per heavy atom. The summed E-state index contributed by atoms with van der Waals surface area (Å²) in [7, 11) is 4.57. The Morgan fingerprint density at radius 1 is 0.625 bits per heavy atom. The molecule has 2 rings (SSSR count). The van der Waals surface area contributed by atoms with Crippen molar-refractivity contribution in [2.75, 3.05) is 20.6 Å². The minimum atomic E-state index is 0.0285. The average molecular weight is 551 g/mol. The van der Waals surface area contributed by atoms with E-state index in [-0.39, 0.29) is 12.0 Å². The van der Waals surface area contributed by atoms with Gasteiger partial charge in [-0.25, -0.2) is 0 Å². The summed E-state index contributed by atoms with van der Waals surface area (Å²) in [6, 6.07) is 17.3. The lowest BCUT2D eigenvalue weighted by Gasteiger charge is -2.38. The molecule has 0 saturated heterocycles. The van der Waals surface area contributed by atoms with Gasteiger partial charge in [-0.2, -0.15) is 0 Å². The third kappa shape index (κ3) is 13.5. The van der Waals surface area contributed by atoms with E-state index in [0.717, 1.165) is 17.4 Å². The molecular weight excluding hydrogens is 490 g/mol. The molecule has 2 aromatic rings. The van der Waals surface area contributed by atoms with Crippen LogP contribution in [0.1, 0.15) is 145 Å². The van der Waals surface area contributed by atoms with Crippen LogP contribution in [0.2, 0.25) is 0 Å². The second kappa shape index (κ2) is 20.7. The summed E-state index contributed by atoms with van der Waals surface area (Å²) in [4.78, 5) is 13.3. The molecule has 0 spiro atoms. The highest BCUT2D eigenvalue weighted by Gasteiger charge is 2.30. The number of rotatable bonds is 24. The van der Waals surface area contributed by atoms with Gasteiger partial charge in [-0.1, -0.05) is 153 Å². The Hall–Kier alpha value is -2.13. The fourth-order valence-electron chi connectivity index (χ4n) is 5.60. The molecule has 1 unspecified atom stereocenters. The molecule has 1 atom stereocenters. The average Bonchev–Trinajstić information content (AvgIpc) is 2.97. The lowest BCUT2D eigenvalue weighted by Crippen LogP contribution is -2.52. The molecule has 0 aromatic heterocycles. The molecule has 0 aliphatic heterocycles. The van der Waals surface area contributed by atoms with Crippen molar-refractivity contribution >= 4 is 5.78 Å². The van der Waals surface area contributed by atoms with E-state index >= 15 is 0 Å². The quantitative estimate of drug-likeness (QED) is 0.0562. The van der Waals surface area contributed by atoms with E-state index in [2.05, 4.69) is 27.9 Å². The summed E-state index contributed by atoms with van der Waals surface area (Å²) in [5, 5.41) is 0. The van der Waals surface area contributed by atoms with Crippen LogP contribution in [0.4, 0.5) is 0 Å². The summed E-state index contributed by atoms with van der Waals surface area (Å²) in [6.45, 7) is 5.62. The van der Waals surface area contributed by atoms with E-state index in [1.807, 2.05) is 54.6 Å². The van der Waals surface area contributed by atoms with Gasteiger partial charge in [-0.15, -0.1) is 0 Å². The molecule has 3 nitrogen and oxygen atoms in total. The monoisotopic (exact) mass is 550 g/mol. The van der Waals surface area contributed by atoms with Gasteiger partial charge in [0.15, 0.2) is 5.78 Å². The number of ketones is 1. The van der Waals surface area contributed by atoms with Crippen LogP contribution in [0, 0.1) is 0 Å². The number of hydrogen-bond acceptors (Lipinski definition) is 2. The number of unbranched alkanes of at least 4 members (excludes halogenated alkanes) is 15. The van der Waals surface area contributed by atoms with E-state index in [4.69, 9.17) is 4.74 Å². The molecule has 0 fully saturated rings. The Balaban J connectivity index is 1.78. The molecule has 0 radical (unpaired) electrons. The number of carbonyl (C=O) groups is 1. The normalized spacial score (nSPS) is 12.4. The van der Waals surface area contributed by atoms with Crippen LogP contribution in [0.3, 0.4) is 0 Å². The van der Waals surface area contributed by atoms with Gasteiger partial charge in [-0.3, -0.25) is 9.28 Å². The molecule has 0 aliphatic carbocycles. The fraction of sp³-hybridized carbons (Fsp3) is 0.649. The van der Waals surface area contributed by atoms with Gasteiger partial charge >= 0.3 is 0 Å². The van der Waals surface area contributed by atoms with Crippen LogP contribution in [0.15, 0.2) is 54.6 Å². The first-order valence-electron chi connectivity index (χ1n) is 16.7. The maximum Gasteiger partial charge on any atom is 0.233 e. The van der Waals surface area contributed by atoms with Gasteiger partial charge in [0, 0.05) is 12.0 Å². The number of carbonyl (C=O) groups excluding carboxylic acids is 1. The van der Waals surface area contributed by atoms with Gasteiger partial charge in [0.1, 0.15) is 5.75 Å². The molecule has 224 valence electrons. The summed E-state index contributed by atoms with van der Waals surface area (Å²) in [5.74, 6) is 0.741. The predicted octanol–water partition coefficient (Wildman–Crippen LogP) is 10.8. The van der Waals surface area contributed by atoms with Crippen LogP contribution in [-0.2, 0) is 0 Å². The van der Waals surface area contributed by atoms with Crippen LogP contribution < -0.4 is 4.74 Å². The summed E-state index contributed by atoms with van der Waals surface area (Å²) < 4.78 is 7.54. The molecule has 40 heavy (non-hydrogen) atoms. The van der Waals surface area contributed by atoms with E-state index in [1.165, 1.54) is 109 Å². The third-order valence-electron chi connectivity index (χ3n) is 8.35. The molecule has 0 bridgehead atoms. The Labute approximate surface area is 247 Å². The Morgan fingerprint density at radius 2 is 1.10 bits per heavy atom. The van der Waals surface area contributed by atoms with Crippen molar-refractivity contribution in [3.63, 3.8) is 0 Å². The van der Waals surface area contributed by atoms with E-state index in [1.54, 1.807) is 0 Å². The summed E-state index contributed by atoms with van der Waals surface area (Å²) in [6.07, 6.45) is 24.0. The van der Waals surface area contributed by atoms with Crippen molar-refractivity contribution in [3.05, 3.63) is 65.7 Å². The minimum Gasteiger partial charge on any atom is -0.442 e. The number of benzene rings is 2. The standard InChI is InChI=1S/C37H60NO2/c1-5-7-9-10-11-12-13-14-15-16-17-18-19-20-24-31-36(38(3,4)32-8-6-2)40-35-30-26-25-29-34(35)37(39)33-27-22-21-23-28-33/h21-23,25-30,36H,5-20,24,31-32H2,1-4H3/q+1. The van der Waals surface area contributed by atoms with Crippen LogP contribution in [0.25, 0.3) is 0 Å². The maximum absolute atomic E-state index is 13.3. The van der Waals surface area contributed by atoms with E-state index in [9.17, 15) is 4.79 Å². The van der Waals surface area contributed by atoms with Gasteiger partial charge in [0.05, 0.1) is 26.2 Å². The zero-order valence-electron chi connectivity index (χ0n) is 26.5. The SMILES string of the molecule is CCCCCCCCCCCCCCCCCC(Oc1ccccc1C(=O)c1ccccc1)[N+](C)(C)CCCC. The molecule has 0 N–H and O–H groups in total. The van der Waals surface area contributed by atoms with Crippen LogP contribution in [-0.4, -0.2) is 37.1 Å². The van der Waals surface area contributed by atoms with Crippen LogP contribution >= 0.6 is 0 Å². The Bertz CT molecular complexity index is 907. The first kappa shape index (κ1) is 34.1. The highest BCUT2D eigenvalue weighted by molar-refractivity contribution is 6.10. The van der Waals surface area contributed by atoms with E-state index in [0.29, 0.717) is 16.9 Å². The molecule has 3 heteroatoms. The van der Waals surface area contributed by atoms with Gasteiger partial charge in [-0.05, 0) is 25.0 Å². The smallest absolute Gasteiger partial charge is 0.233 e. The minimum absolute atomic E-state index is 0.0285. The van der Waals surface area contributed by atoms with Gasteiger partial charge in [0.2, 0.25) is 6.23 Å². The second-order valence-corrected chi connectivity index (χ2v) is 12.4. The topological polar surface area (TPSA) is 26.3 Å². The number of quaternary nitrogens is 1. The second-order valence-electron chi connectivity index (χ2n) is 12.4. The first-order chi connectivity index (χ1) is 19.5. The number of nitrogens with zero attached hydrogens (tertiary/aromatic N) is 1. The van der Waals surface area contributed by atoms with E-state index < -0.39 is 0 Å². The zero-order valence-corrected chi connectivity index (χ0v) is 26.5. The van der Waals surface area contributed by atoms with Crippen molar-refractivity contribution in [1.29, 1.82) is 0 Å². The lowest BCUT2D eigenvalue weighted by molar-refractivity contribution is -0.933. The first-order valence-corrected chi connectivity index (χ1v) is 16.7. The Kier molecular flexibility index (Phi) is 17.6. The van der Waals surface area contributed by atoms with Gasteiger partial charge < -0.3 is 4.74 Å². The molecule has 0 heterocycles. The maximum atomic E-state index is 13.3. The molecular formula is C37H60NO2+. The third-order valence-corrected chi connectivity index (χ3v) is 8.35. The highest BCUT2D eigenvalue weighted by atomic mass is 16.5. The highest BCUT2D eigenvalue weighted by Crippen LogP contribution is 2.27. The number of hydrogen-bond donors (Lipinski definition) is 0. The molecule has 0 aliphatic rings. The predicted molar refractivity (Wildman–Crippen MR) is 172 cm³/mol. The molecule has 0 saturated carbocycles. The largest absolute Gasteiger partial charge is 0.442 e. The molecule has 0 amide bonds. The summed E-state index contributed by atoms with van der Waals surface area (Å²) in [5.41, 5.74) is 1.36. The van der Waals surface area contributed by atoms with Crippen molar-refractivity contribution in [2.45, 2.75) is 136 Å². The van der Waals surface area contributed by atoms with Gasteiger partial charge in [0.25, 0.3) is 0 Å². The van der Waals surface area contributed by atoms with Crippen molar-refractivity contribution in [3.8, 4) is 5.75 Å². The summed E-state index contributed by atoms with van der Waals surface area (Å²) >= 11 is 0. The van der Waals surface area contributed by atoms with Crippen LogP contribution in [0.5, 0.6) is 5.75 Å². The van der Waals surface area contributed by atoms with Crippen molar-refractivity contribution in [2.24, 2.45) is 0 Å². The zero-order chi connectivity index (χ0) is 28.9. The fourth-order valence-corrected chi connectivity index (χ4v) is 5.60. The number of ether oxygens (including phenoxy) is 1.